The zero-order valence-electron chi connectivity index (χ0n) is 11.3. The maximum Gasteiger partial charge on any atom is 0.176 e. The van der Waals surface area contributed by atoms with Crippen LogP contribution in [0.5, 0.6) is 0 Å². The van der Waals surface area contributed by atoms with Crippen molar-refractivity contribution in [2.24, 2.45) is 0 Å². The van der Waals surface area contributed by atoms with Gasteiger partial charge in [0.1, 0.15) is 0 Å². The number of ketones is 1. The molecule has 0 aliphatic carbocycles. The summed E-state index contributed by atoms with van der Waals surface area (Å²) in [6.07, 6.45) is 2.50. The van der Waals surface area contributed by atoms with Crippen molar-refractivity contribution in [3.05, 3.63) is 34.3 Å². The molecule has 0 bridgehead atoms. The highest BCUT2D eigenvalue weighted by molar-refractivity contribution is 9.10. The van der Waals surface area contributed by atoms with E-state index in [0.29, 0.717) is 6.54 Å². The third-order valence-electron chi connectivity index (χ3n) is 3.38. The molecule has 4 heteroatoms. The number of ether oxygens (including phenoxy) is 1. The lowest BCUT2D eigenvalue weighted by molar-refractivity contribution is 0.00718. The number of benzene rings is 1. The highest BCUT2D eigenvalue weighted by atomic mass is 79.9. The minimum atomic E-state index is 0.179. The van der Waals surface area contributed by atoms with Crippen LogP contribution in [-0.4, -0.2) is 43.0 Å². The average Bonchev–Trinajstić information content (AvgIpc) is 2.39. The quantitative estimate of drug-likeness (QED) is 0.779. The molecule has 0 radical (unpaired) electrons. The summed E-state index contributed by atoms with van der Waals surface area (Å²) in [6.45, 7) is 5.11. The van der Waals surface area contributed by atoms with Crippen LogP contribution < -0.4 is 0 Å². The lowest BCUT2D eigenvalue weighted by Crippen LogP contribution is -2.42. The van der Waals surface area contributed by atoms with E-state index < -0.39 is 0 Å². The second-order valence-corrected chi connectivity index (χ2v) is 5.80. The van der Waals surface area contributed by atoms with Crippen molar-refractivity contribution in [3.8, 4) is 0 Å². The van der Waals surface area contributed by atoms with Crippen molar-refractivity contribution >= 4 is 21.7 Å². The maximum absolute atomic E-state index is 12.2. The molecule has 1 aromatic rings. The second-order valence-electron chi connectivity index (χ2n) is 4.89. The minimum Gasteiger partial charge on any atom is -0.377 e. The molecule has 1 aliphatic heterocycles. The molecular weight excluding hydrogens is 306 g/mol. The monoisotopic (exact) mass is 325 g/mol. The van der Waals surface area contributed by atoms with Crippen LogP contribution in [-0.2, 0) is 4.74 Å². The van der Waals surface area contributed by atoms with E-state index in [1.54, 1.807) is 0 Å². The Morgan fingerprint density at radius 3 is 3.11 bits per heavy atom. The Labute approximate surface area is 123 Å². The number of hydrogen-bond acceptors (Lipinski definition) is 3. The average molecular weight is 326 g/mol. The van der Waals surface area contributed by atoms with Gasteiger partial charge in [0.2, 0.25) is 0 Å². The first-order valence-electron chi connectivity index (χ1n) is 6.81. The number of carbonyl (C=O) groups is 1. The lowest BCUT2D eigenvalue weighted by Gasteiger charge is -2.31. The predicted octanol–water partition coefficient (Wildman–Crippen LogP) is 3.13. The molecule has 1 atom stereocenters. The van der Waals surface area contributed by atoms with Crippen molar-refractivity contribution in [1.82, 2.24) is 4.90 Å². The first-order chi connectivity index (χ1) is 9.19. The van der Waals surface area contributed by atoms with E-state index in [4.69, 9.17) is 4.74 Å². The Morgan fingerprint density at radius 1 is 1.53 bits per heavy atom. The molecule has 0 aromatic heterocycles. The maximum atomic E-state index is 12.2. The summed E-state index contributed by atoms with van der Waals surface area (Å²) < 4.78 is 6.61. The van der Waals surface area contributed by atoms with Gasteiger partial charge in [-0.3, -0.25) is 9.69 Å². The fraction of sp³-hybridized carbons (Fsp3) is 0.533. The molecule has 19 heavy (non-hydrogen) atoms. The Balaban J connectivity index is 1.91. The topological polar surface area (TPSA) is 29.5 Å². The molecule has 1 saturated heterocycles. The van der Waals surface area contributed by atoms with Crippen LogP contribution in [0.2, 0.25) is 0 Å². The van der Waals surface area contributed by atoms with E-state index in [1.165, 1.54) is 0 Å². The van der Waals surface area contributed by atoms with Crippen molar-refractivity contribution in [1.29, 1.82) is 0 Å². The van der Waals surface area contributed by atoms with Gasteiger partial charge in [-0.1, -0.05) is 28.1 Å². The first-order valence-corrected chi connectivity index (χ1v) is 7.61. The van der Waals surface area contributed by atoms with Crippen molar-refractivity contribution in [3.63, 3.8) is 0 Å². The molecule has 1 heterocycles. The van der Waals surface area contributed by atoms with Gasteiger partial charge in [0.15, 0.2) is 5.78 Å². The van der Waals surface area contributed by atoms with Crippen molar-refractivity contribution < 1.29 is 9.53 Å². The molecule has 1 aromatic carbocycles. The molecule has 0 spiro atoms. The summed E-state index contributed by atoms with van der Waals surface area (Å²) in [5.41, 5.74) is 0.771. The largest absolute Gasteiger partial charge is 0.377 e. The van der Waals surface area contributed by atoms with E-state index >= 15 is 0 Å². The zero-order chi connectivity index (χ0) is 13.7. The van der Waals surface area contributed by atoms with Crippen molar-refractivity contribution in [2.45, 2.75) is 25.9 Å². The third kappa shape index (κ3) is 4.41. The van der Waals surface area contributed by atoms with Crippen LogP contribution in [0.25, 0.3) is 0 Å². The zero-order valence-corrected chi connectivity index (χ0v) is 12.9. The summed E-state index contributed by atoms with van der Waals surface area (Å²) >= 11 is 3.40. The summed E-state index contributed by atoms with van der Waals surface area (Å²) in [4.78, 5) is 14.4. The summed E-state index contributed by atoms with van der Waals surface area (Å²) in [5, 5.41) is 0. The van der Waals surface area contributed by atoms with E-state index in [2.05, 4.69) is 20.8 Å². The van der Waals surface area contributed by atoms with E-state index in [1.807, 2.05) is 31.2 Å². The van der Waals surface area contributed by atoms with Crippen LogP contribution in [0, 0.1) is 0 Å². The van der Waals surface area contributed by atoms with Gasteiger partial charge in [0.05, 0.1) is 12.6 Å². The number of piperidine rings is 1. The van der Waals surface area contributed by atoms with E-state index in [0.717, 1.165) is 42.6 Å². The number of Topliss-reactive ketones (excluding diaryl/α,β-unsaturated/α-hetero) is 1. The molecule has 1 fully saturated rings. The van der Waals surface area contributed by atoms with Gasteiger partial charge >= 0.3 is 0 Å². The fourth-order valence-electron chi connectivity index (χ4n) is 2.48. The summed E-state index contributed by atoms with van der Waals surface area (Å²) in [7, 11) is 0. The molecule has 1 aliphatic rings. The van der Waals surface area contributed by atoms with Crippen molar-refractivity contribution in [2.75, 3.05) is 26.2 Å². The fourth-order valence-corrected chi connectivity index (χ4v) is 2.88. The molecule has 104 valence electrons. The Hall–Kier alpha value is -0.710. The van der Waals surface area contributed by atoms with Gasteiger partial charge < -0.3 is 4.74 Å². The van der Waals surface area contributed by atoms with Gasteiger partial charge in [-0.05, 0) is 38.4 Å². The van der Waals surface area contributed by atoms with Crippen LogP contribution in [0.1, 0.15) is 30.1 Å². The van der Waals surface area contributed by atoms with E-state index in [-0.39, 0.29) is 11.9 Å². The number of hydrogen-bond donors (Lipinski definition) is 0. The normalized spacial score (nSPS) is 20.4. The molecule has 0 saturated carbocycles. The Morgan fingerprint density at radius 2 is 2.37 bits per heavy atom. The lowest BCUT2D eigenvalue weighted by atomic mass is 10.1. The van der Waals surface area contributed by atoms with Gasteiger partial charge in [0.25, 0.3) is 0 Å². The standard InChI is InChI=1S/C15H20BrNO2/c1-2-19-14-7-4-8-17(10-14)11-15(18)12-5-3-6-13(16)9-12/h3,5-6,9,14H,2,4,7-8,10-11H2,1H3. The molecule has 0 amide bonds. The predicted molar refractivity (Wildman–Crippen MR) is 79.6 cm³/mol. The number of likely N-dealkylation sites (tertiary alicyclic amines) is 1. The Kier molecular flexibility index (Phi) is 5.55. The first kappa shape index (κ1) is 14.7. The van der Waals surface area contributed by atoms with Gasteiger partial charge in [0, 0.05) is 23.2 Å². The highest BCUT2D eigenvalue weighted by Gasteiger charge is 2.22. The molecule has 1 unspecified atom stereocenters. The molecule has 3 nitrogen and oxygen atoms in total. The van der Waals surface area contributed by atoms with Crippen LogP contribution >= 0.6 is 15.9 Å². The van der Waals surface area contributed by atoms with Crippen LogP contribution in [0.3, 0.4) is 0 Å². The smallest absolute Gasteiger partial charge is 0.176 e. The SMILES string of the molecule is CCOC1CCCN(CC(=O)c2cccc(Br)c2)C1. The molecule has 0 N–H and O–H groups in total. The number of rotatable bonds is 5. The van der Waals surface area contributed by atoms with Gasteiger partial charge in [-0.25, -0.2) is 0 Å². The second kappa shape index (κ2) is 7.17. The summed E-state index contributed by atoms with van der Waals surface area (Å²) in [5.74, 6) is 0.179. The van der Waals surface area contributed by atoms with Crippen LogP contribution in [0.15, 0.2) is 28.7 Å². The number of nitrogens with zero attached hydrogens (tertiary/aromatic N) is 1. The van der Waals surface area contributed by atoms with Crippen LogP contribution in [0.4, 0.5) is 0 Å². The molecular formula is C15H20BrNO2. The summed E-state index contributed by atoms with van der Waals surface area (Å²) in [6, 6.07) is 7.59. The minimum absolute atomic E-state index is 0.179. The number of halogens is 1. The number of carbonyl (C=O) groups excluding carboxylic acids is 1. The van der Waals surface area contributed by atoms with Gasteiger partial charge in [-0.15, -0.1) is 0 Å². The van der Waals surface area contributed by atoms with E-state index in [9.17, 15) is 4.79 Å². The Bertz CT molecular complexity index is 434. The molecule has 2 rings (SSSR count). The third-order valence-corrected chi connectivity index (χ3v) is 3.87. The van der Waals surface area contributed by atoms with Gasteiger partial charge in [-0.2, -0.15) is 0 Å². The highest BCUT2D eigenvalue weighted by Crippen LogP contribution is 2.16.